The summed E-state index contributed by atoms with van der Waals surface area (Å²) in [4.78, 5) is 0. The Hall–Kier alpha value is -13.0. The average molecular weight is 1670 g/mol. The molecule has 0 unspecified atom stereocenters. The number of hydrogen-bond acceptors (Lipinski definition) is 4. The predicted molar refractivity (Wildman–Crippen MR) is 524 cm³/mol. The van der Waals surface area contributed by atoms with Gasteiger partial charge in [0.15, 0.2) is 28.2 Å². The second-order valence-electron chi connectivity index (χ2n) is 39.1. The van der Waals surface area contributed by atoms with Crippen molar-refractivity contribution in [3.63, 3.8) is 0 Å². The minimum Gasteiger partial charge on any atom is -0.0859 e. The van der Waals surface area contributed by atoms with Gasteiger partial charge in [0.25, 0.3) is 0 Å². The zero-order valence-electron chi connectivity index (χ0n) is 79.4. The van der Waals surface area contributed by atoms with Crippen molar-refractivity contribution in [3.05, 3.63) is 371 Å². The summed E-state index contributed by atoms with van der Waals surface area (Å²) < 4.78 is 8.44. The Morgan fingerprint density at radius 2 is 0.469 bits per heavy atom. The fraction of sp³-hybridized carbons (Fsp3) is 0.267. The maximum Gasteiger partial charge on any atom is 0.243 e. The van der Waals surface area contributed by atoms with Crippen LogP contribution in [0.2, 0.25) is 0 Å². The highest BCUT2D eigenvalue weighted by Crippen LogP contribution is 2.56. The molecule has 12 aromatic carbocycles. The highest BCUT2D eigenvalue weighted by molar-refractivity contribution is 5.98. The van der Waals surface area contributed by atoms with E-state index in [0.717, 1.165) is 74.1 Å². The van der Waals surface area contributed by atoms with Crippen LogP contribution in [0.1, 0.15) is 201 Å². The van der Waals surface area contributed by atoms with Gasteiger partial charge in [-0.15, -0.1) is 0 Å². The third-order valence-corrected chi connectivity index (χ3v) is 30.5. The minimum atomic E-state index is 0.972. The monoisotopic (exact) mass is 1670 g/mol. The van der Waals surface area contributed by atoms with Crippen LogP contribution >= 0.6 is 0 Å². The van der Waals surface area contributed by atoms with Crippen LogP contribution in [0.4, 0.5) is 0 Å². The van der Waals surface area contributed by atoms with E-state index in [2.05, 4.69) is 355 Å². The summed E-state index contributed by atoms with van der Waals surface area (Å²) in [7, 11) is 8.41. The van der Waals surface area contributed by atoms with Crippen molar-refractivity contribution in [2.45, 2.75) is 190 Å². The lowest BCUT2D eigenvalue weighted by Gasteiger charge is -2.12. The Labute approximate surface area is 756 Å². The first kappa shape index (κ1) is 82.0. The Kier molecular flexibility index (Phi) is 19.4. The van der Waals surface area contributed by atoms with Crippen molar-refractivity contribution in [1.29, 1.82) is 0 Å². The summed E-state index contributed by atoms with van der Waals surface area (Å²) in [6, 6.07) is 64.7. The first-order chi connectivity index (χ1) is 61.4. The lowest BCUT2D eigenvalue weighted by molar-refractivity contribution is -0.721. The van der Waals surface area contributed by atoms with E-state index in [1.165, 1.54) is 312 Å². The standard InChI is InChI=1S/4C30H29N2/c1-16-7-9-23-22(12-16)14-21-8-10-24-26(29(21)23)15-27-28(24)20(5)31-32(6)30(27)25-13-17(2)11-18(3)19(25)4;1-16-7-8-21-14-22-9-10-23-26(29(22)25(21)12-16)15-27-28(23)20(5)31-32(6)30(27)24-13-17(2)11-18(3)19(24)4;1-16-12-18(3)19(4)25(13-16)30-27-15-26-23(28(27)20(5)31-32(30)6)11-10-21-14-24-17(2)8-7-9-22(24)29(21)26;1-16-12-18(3)19(4)24(13-16)30-26-15-25-23(28(26)20(5)31-32(30)6)11-10-22-14-21-9-7-8-17(2)27(21)29(22)25/h4*7-13H,14-15H2,1-6H3/q4*+1. The lowest BCUT2D eigenvalue weighted by atomic mass is 9.92. The van der Waals surface area contributed by atoms with Gasteiger partial charge in [-0.2, -0.15) is 0 Å². The second-order valence-corrected chi connectivity index (χ2v) is 39.1. The zero-order chi connectivity index (χ0) is 89.2. The number of aryl methyl sites for hydroxylation is 20. The molecule has 24 rings (SSSR count). The number of hydrogen-bond donors (Lipinski definition) is 0. The summed E-state index contributed by atoms with van der Waals surface area (Å²) in [5.74, 6) is 0. The maximum absolute atomic E-state index is 4.99. The Morgan fingerprint density at radius 3 is 0.883 bits per heavy atom. The van der Waals surface area contributed by atoms with E-state index in [1.54, 1.807) is 0 Å². The van der Waals surface area contributed by atoms with E-state index in [9.17, 15) is 0 Å². The molecule has 0 saturated carbocycles. The fourth-order valence-corrected chi connectivity index (χ4v) is 24.5. The lowest BCUT2D eigenvalue weighted by Crippen LogP contribution is -2.38. The van der Waals surface area contributed by atoms with Gasteiger partial charge in [0, 0.05) is 70.2 Å². The summed E-state index contributed by atoms with van der Waals surface area (Å²) in [5.41, 5.74) is 82.2. The van der Waals surface area contributed by atoms with Gasteiger partial charge >= 0.3 is 0 Å². The number of aromatic nitrogens is 8. The fourth-order valence-electron chi connectivity index (χ4n) is 24.5. The average Bonchev–Trinajstić information content (AvgIpc) is 1.57. The smallest absolute Gasteiger partial charge is 0.0859 e. The van der Waals surface area contributed by atoms with Crippen LogP contribution in [0.15, 0.2) is 170 Å². The number of fused-ring (bicyclic) bond motifs is 28. The van der Waals surface area contributed by atoms with Crippen molar-refractivity contribution >= 4 is 0 Å². The highest BCUT2D eigenvalue weighted by Gasteiger charge is 2.42. The van der Waals surface area contributed by atoms with E-state index >= 15 is 0 Å². The molecule has 4 heterocycles. The molecule has 8 aliphatic carbocycles. The maximum atomic E-state index is 4.99. The van der Waals surface area contributed by atoms with E-state index in [0.29, 0.717) is 0 Å². The van der Waals surface area contributed by atoms with Crippen molar-refractivity contribution in [2.24, 2.45) is 28.2 Å². The second kappa shape index (κ2) is 30.3. The summed E-state index contributed by atoms with van der Waals surface area (Å²) in [6.45, 7) is 44.2. The molecule has 0 amide bonds. The van der Waals surface area contributed by atoms with Crippen LogP contribution in [0.3, 0.4) is 0 Å². The van der Waals surface area contributed by atoms with Crippen LogP contribution in [-0.2, 0) is 79.6 Å². The minimum absolute atomic E-state index is 0.972. The van der Waals surface area contributed by atoms with Gasteiger partial charge in [-0.05, 0) is 398 Å². The summed E-state index contributed by atoms with van der Waals surface area (Å²) in [6.07, 6.45) is 8.08. The molecule has 16 aromatic rings. The largest absolute Gasteiger partial charge is 0.243 e. The summed E-state index contributed by atoms with van der Waals surface area (Å²) >= 11 is 0. The van der Waals surface area contributed by atoms with E-state index in [-0.39, 0.29) is 0 Å². The first-order valence-electron chi connectivity index (χ1n) is 46.3. The third-order valence-electron chi connectivity index (χ3n) is 30.5. The van der Waals surface area contributed by atoms with E-state index < -0.39 is 0 Å². The van der Waals surface area contributed by atoms with E-state index in [1.807, 2.05) is 0 Å². The molecule has 128 heavy (non-hydrogen) atoms. The molecule has 632 valence electrons. The molecule has 0 atom stereocenters. The molecular formula is C120H116N8+4. The molecule has 0 saturated heterocycles. The van der Waals surface area contributed by atoms with Gasteiger partial charge in [-0.3, -0.25) is 0 Å². The highest BCUT2D eigenvalue weighted by atomic mass is 15.3. The summed E-state index contributed by atoms with van der Waals surface area (Å²) in [5, 5.41) is 20.0. The van der Waals surface area contributed by atoms with Crippen molar-refractivity contribution < 1.29 is 18.7 Å². The molecule has 0 N–H and O–H groups in total. The number of rotatable bonds is 4. The van der Waals surface area contributed by atoms with Crippen molar-refractivity contribution in [2.75, 3.05) is 0 Å². The molecule has 0 spiro atoms. The van der Waals surface area contributed by atoms with Gasteiger partial charge < -0.3 is 0 Å². The molecule has 4 aromatic heterocycles. The van der Waals surface area contributed by atoms with Crippen LogP contribution in [0.25, 0.3) is 134 Å². The molecule has 0 fully saturated rings. The first-order valence-corrected chi connectivity index (χ1v) is 46.3. The van der Waals surface area contributed by atoms with Gasteiger partial charge in [0.2, 0.25) is 22.8 Å². The molecular weight excluding hydrogens is 1550 g/mol. The van der Waals surface area contributed by atoms with Gasteiger partial charge in [0.1, 0.15) is 22.8 Å². The molecule has 0 bridgehead atoms. The normalized spacial score (nSPS) is 13.1. The predicted octanol–water partition coefficient (Wildman–Crippen LogP) is 25.0. The topological polar surface area (TPSA) is 67.1 Å². The van der Waals surface area contributed by atoms with Crippen LogP contribution in [0, 0.1) is 138 Å². The Balaban J connectivity index is 0.000000104. The Bertz CT molecular complexity index is 7570. The van der Waals surface area contributed by atoms with Crippen LogP contribution < -0.4 is 18.7 Å². The SMILES string of the molecule is Cc1cc(C)c(C)c(-c2c3c(c(C)n[n+]2C)-c2ccc4c(c2C3)-c2c(C)cccc2C4)c1.Cc1cc(C)c(C)c(-c2c3c(c(C)n[n+]2C)-c2ccc4c(c2C3)-c2cccc(C)c2C4)c1.Cc1ccc2c(c1)-c1c(ccc3c1Cc1c-3c(C)n[n+](C)c1-c1cc(C)cc(C)c1C)C2.Cc1ccc2c(c1)Cc1ccc3c(c1-2)Cc1c-3c(C)n[n+](C)c1-c1cc(C)cc(C)c1C. The molecule has 8 heteroatoms. The quantitative estimate of drug-likeness (QED) is 0.165. The molecule has 8 nitrogen and oxygen atoms in total. The van der Waals surface area contributed by atoms with Gasteiger partial charge in [0.05, 0.1) is 22.3 Å². The van der Waals surface area contributed by atoms with E-state index in [4.69, 9.17) is 20.4 Å². The molecule has 0 aliphatic heterocycles. The third kappa shape index (κ3) is 12.8. The number of nitrogens with zero attached hydrogens (tertiary/aromatic N) is 8. The number of benzene rings is 12. The van der Waals surface area contributed by atoms with Gasteiger partial charge in [-0.25, -0.2) is 0 Å². The Morgan fingerprint density at radius 1 is 0.180 bits per heavy atom. The molecule has 8 aliphatic rings. The van der Waals surface area contributed by atoms with Crippen LogP contribution in [0.5, 0.6) is 0 Å². The zero-order valence-corrected chi connectivity index (χ0v) is 79.4. The van der Waals surface area contributed by atoms with Crippen molar-refractivity contribution in [1.82, 2.24) is 20.4 Å². The van der Waals surface area contributed by atoms with Crippen LogP contribution in [-0.4, -0.2) is 20.4 Å². The van der Waals surface area contributed by atoms with Gasteiger partial charge in [-0.1, -0.05) is 198 Å². The van der Waals surface area contributed by atoms with Crippen molar-refractivity contribution in [3.8, 4) is 134 Å². The molecule has 0 radical (unpaired) electrons.